The molecule has 2 heterocycles. The number of nitriles is 1. The van der Waals surface area contributed by atoms with Crippen LogP contribution < -0.4 is 4.74 Å². The van der Waals surface area contributed by atoms with Gasteiger partial charge in [-0.25, -0.2) is 0 Å². The monoisotopic (exact) mass is 429 g/mol. The summed E-state index contributed by atoms with van der Waals surface area (Å²) < 4.78 is 6.64. The second-order valence-corrected chi connectivity index (χ2v) is 9.44. The molecule has 2 aliphatic rings. The first-order valence-electron chi connectivity index (χ1n) is 11.8. The van der Waals surface area contributed by atoms with Gasteiger partial charge in [0.2, 0.25) is 0 Å². The van der Waals surface area contributed by atoms with Crippen molar-refractivity contribution in [3.8, 4) is 11.9 Å². The number of aliphatic hydroxyl groups is 1. The number of ether oxygens (including phenoxy) is 1. The molecule has 0 saturated heterocycles. The van der Waals surface area contributed by atoms with Gasteiger partial charge in [0.05, 0.1) is 11.8 Å². The highest BCUT2D eigenvalue weighted by molar-refractivity contribution is 5.84. The summed E-state index contributed by atoms with van der Waals surface area (Å²) in [5.74, 6) is 1.68. The maximum atomic E-state index is 10.7. The maximum Gasteiger partial charge on any atom is 0.179 e. The first-order chi connectivity index (χ1) is 15.6. The van der Waals surface area contributed by atoms with Gasteiger partial charge in [0.1, 0.15) is 11.9 Å². The molecule has 0 unspecified atom stereocenters. The summed E-state index contributed by atoms with van der Waals surface area (Å²) in [6.07, 6.45) is 5.38. The molecule has 1 saturated carbocycles. The Balaban J connectivity index is 1.61. The second kappa shape index (κ2) is 8.88. The van der Waals surface area contributed by atoms with E-state index in [9.17, 15) is 10.4 Å². The van der Waals surface area contributed by atoms with Crippen LogP contribution in [-0.2, 0) is 6.42 Å². The number of rotatable bonds is 2. The lowest BCUT2D eigenvalue weighted by molar-refractivity contribution is -0.0145. The number of H-pyrrole nitrogens is 1. The number of benzene rings is 2. The summed E-state index contributed by atoms with van der Waals surface area (Å²) in [4.78, 5) is 5.59. The SMILES string of the molecule is C[C@@H]1[C@H]2C[C@H](Oc3ccccc3)c3[nH]c4ccccc4c3CCN(C#N)C[C@@H]2CC[C@@H]1O. The van der Waals surface area contributed by atoms with Crippen LogP contribution in [0.4, 0.5) is 0 Å². The van der Waals surface area contributed by atoms with Crippen molar-refractivity contribution in [2.75, 3.05) is 13.1 Å². The fourth-order valence-electron chi connectivity index (χ4n) is 5.82. The van der Waals surface area contributed by atoms with E-state index in [1.165, 1.54) is 10.9 Å². The van der Waals surface area contributed by atoms with Gasteiger partial charge in [-0.15, -0.1) is 0 Å². The Morgan fingerprint density at radius 1 is 1.09 bits per heavy atom. The zero-order valence-electron chi connectivity index (χ0n) is 18.6. The Bertz CT molecular complexity index is 1100. The lowest BCUT2D eigenvalue weighted by atomic mass is 9.68. The van der Waals surface area contributed by atoms with Gasteiger partial charge >= 0.3 is 0 Å². The minimum Gasteiger partial charge on any atom is -0.484 e. The van der Waals surface area contributed by atoms with E-state index in [1.807, 2.05) is 35.2 Å². The highest BCUT2D eigenvalue weighted by Crippen LogP contribution is 2.43. The average molecular weight is 430 g/mol. The molecule has 0 radical (unpaired) electrons. The van der Waals surface area contributed by atoms with E-state index in [4.69, 9.17) is 4.74 Å². The van der Waals surface area contributed by atoms with Crippen LogP contribution in [0.5, 0.6) is 5.75 Å². The van der Waals surface area contributed by atoms with Crippen LogP contribution in [0, 0.1) is 29.2 Å². The summed E-state index contributed by atoms with van der Waals surface area (Å²) in [5, 5.41) is 21.7. The fraction of sp³-hybridized carbons (Fsp3) is 0.444. The van der Waals surface area contributed by atoms with E-state index in [1.54, 1.807) is 0 Å². The number of nitrogens with zero attached hydrogens (tertiary/aromatic N) is 2. The van der Waals surface area contributed by atoms with Gasteiger partial charge in [-0.05, 0) is 67.2 Å². The normalized spacial score (nSPS) is 28.4. The first-order valence-corrected chi connectivity index (χ1v) is 11.8. The van der Waals surface area contributed by atoms with Crippen molar-refractivity contribution < 1.29 is 9.84 Å². The molecule has 3 aromatic rings. The molecule has 1 aliphatic carbocycles. The number of fused-ring (bicyclic) bond motifs is 4. The number of aromatic nitrogens is 1. The Kier molecular flexibility index (Phi) is 5.80. The zero-order chi connectivity index (χ0) is 22.1. The van der Waals surface area contributed by atoms with Crippen molar-refractivity contribution in [1.82, 2.24) is 9.88 Å². The highest BCUT2D eigenvalue weighted by Gasteiger charge is 2.40. The molecule has 166 valence electrons. The number of hydrogen-bond acceptors (Lipinski definition) is 4. The van der Waals surface area contributed by atoms with Crippen LogP contribution in [0.15, 0.2) is 54.6 Å². The third-order valence-corrected chi connectivity index (χ3v) is 7.63. The van der Waals surface area contributed by atoms with Crippen molar-refractivity contribution >= 4 is 10.9 Å². The summed E-state index contributed by atoms with van der Waals surface area (Å²) in [6, 6.07) is 18.4. The topological polar surface area (TPSA) is 72.3 Å². The molecule has 5 heteroatoms. The van der Waals surface area contributed by atoms with E-state index in [-0.39, 0.29) is 24.0 Å². The molecular weight excluding hydrogens is 398 g/mol. The van der Waals surface area contributed by atoms with Gasteiger partial charge in [-0.3, -0.25) is 0 Å². The summed E-state index contributed by atoms with van der Waals surface area (Å²) in [6.45, 7) is 3.62. The van der Waals surface area contributed by atoms with Crippen LogP contribution in [0.2, 0.25) is 0 Å². The molecule has 2 aromatic carbocycles. The van der Waals surface area contributed by atoms with Gasteiger partial charge in [-0.1, -0.05) is 43.3 Å². The molecule has 2 N–H and O–H groups in total. The van der Waals surface area contributed by atoms with Crippen LogP contribution >= 0.6 is 0 Å². The third-order valence-electron chi connectivity index (χ3n) is 7.63. The Labute approximate surface area is 189 Å². The number of hydrogen-bond donors (Lipinski definition) is 2. The van der Waals surface area contributed by atoms with Gasteiger partial charge in [0.25, 0.3) is 0 Å². The predicted octanol–water partition coefficient (Wildman–Crippen LogP) is 5.04. The van der Waals surface area contributed by atoms with E-state index in [0.29, 0.717) is 12.5 Å². The van der Waals surface area contributed by atoms with Crippen LogP contribution in [0.3, 0.4) is 0 Å². The Morgan fingerprint density at radius 3 is 2.69 bits per heavy atom. The standard InChI is InChI=1S/C27H31N3O2/c1-18-23-15-26(32-20-7-3-2-4-8-20)27-22(21-9-5-6-10-24(21)29-27)13-14-30(17-28)16-19(23)11-12-25(18)31/h2-10,18-19,23,25-26,29,31H,11-16H2,1H3/t18-,19+,23-,25+,26+/m1/s1. The van der Waals surface area contributed by atoms with E-state index < -0.39 is 0 Å². The number of para-hydroxylation sites is 2. The number of aromatic amines is 1. The van der Waals surface area contributed by atoms with Crippen LogP contribution in [0.25, 0.3) is 10.9 Å². The molecule has 1 fully saturated rings. The molecular formula is C27H31N3O2. The van der Waals surface area contributed by atoms with Gasteiger partial charge < -0.3 is 19.7 Å². The lowest BCUT2D eigenvalue weighted by Crippen LogP contribution is -2.43. The molecule has 5 atom stereocenters. The minimum absolute atomic E-state index is 0.131. The average Bonchev–Trinajstić information content (AvgIpc) is 3.19. The fourth-order valence-corrected chi connectivity index (χ4v) is 5.82. The van der Waals surface area contributed by atoms with Crippen molar-refractivity contribution in [3.63, 3.8) is 0 Å². The molecule has 1 aromatic heterocycles. The number of aliphatic hydroxyl groups excluding tert-OH is 1. The summed E-state index contributed by atoms with van der Waals surface area (Å²) >= 11 is 0. The van der Waals surface area contributed by atoms with Crippen LogP contribution in [0.1, 0.15) is 43.5 Å². The van der Waals surface area contributed by atoms with E-state index >= 15 is 0 Å². The number of nitrogens with one attached hydrogen (secondary N) is 1. The second-order valence-electron chi connectivity index (χ2n) is 9.44. The Hall–Kier alpha value is -2.97. The van der Waals surface area contributed by atoms with Crippen molar-refractivity contribution in [2.24, 2.45) is 17.8 Å². The van der Waals surface area contributed by atoms with E-state index in [0.717, 1.165) is 49.2 Å². The molecule has 0 bridgehead atoms. The molecule has 1 aliphatic heterocycles. The van der Waals surface area contributed by atoms with Crippen molar-refractivity contribution in [3.05, 3.63) is 65.9 Å². The summed E-state index contributed by atoms with van der Waals surface area (Å²) in [7, 11) is 0. The van der Waals surface area contributed by atoms with Gasteiger partial charge in [0, 0.05) is 24.0 Å². The predicted molar refractivity (Wildman–Crippen MR) is 125 cm³/mol. The largest absolute Gasteiger partial charge is 0.484 e. The quantitative estimate of drug-likeness (QED) is 0.560. The minimum atomic E-state index is -0.297. The molecule has 0 amide bonds. The Morgan fingerprint density at radius 2 is 1.88 bits per heavy atom. The molecule has 5 nitrogen and oxygen atoms in total. The molecule has 0 spiro atoms. The lowest BCUT2D eigenvalue weighted by Gasteiger charge is -2.42. The smallest absolute Gasteiger partial charge is 0.179 e. The maximum absolute atomic E-state index is 10.7. The zero-order valence-corrected chi connectivity index (χ0v) is 18.6. The van der Waals surface area contributed by atoms with Crippen molar-refractivity contribution in [1.29, 1.82) is 5.26 Å². The van der Waals surface area contributed by atoms with Crippen molar-refractivity contribution in [2.45, 2.75) is 44.8 Å². The van der Waals surface area contributed by atoms with Gasteiger partial charge in [-0.2, -0.15) is 5.26 Å². The highest BCUT2D eigenvalue weighted by atomic mass is 16.5. The van der Waals surface area contributed by atoms with E-state index in [2.05, 4.69) is 42.4 Å². The first kappa shape index (κ1) is 20.9. The van der Waals surface area contributed by atoms with Crippen LogP contribution in [-0.4, -0.2) is 34.2 Å². The molecule has 5 rings (SSSR count). The van der Waals surface area contributed by atoms with Gasteiger partial charge in [0.15, 0.2) is 6.19 Å². The third kappa shape index (κ3) is 3.96. The molecule has 32 heavy (non-hydrogen) atoms. The summed E-state index contributed by atoms with van der Waals surface area (Å²) in [5.41, 5.74) is 3.46.